The van der Waals surface area contributed by atoms with Crippen LogP contribution in [0.5, 0.6) is 0 Å². The van der Waals surface area contributed by atoms with Gasteiger partial charge in [-0.15, -0.1) is 5.10 Å². The Labute approximate surface area is 161 Å². The summed E-state index contributed by atoms with van der Waals surface area (Å²) in [5.41, 5.74) is 2.56. The van der Waals surface area contributed by atoms with Crippen molar-refractivity contribution in [3.05, 3.63) is 54.7 Å². The quantitative estimate of drug-likeness (QED) is 0.567. The number of hydrogen-bond acceptors (Lipinski definition) is 5. The zero-order valence-electron chi connectivity index (χ0n) is 15.9. The Morgan fingerprint density at radius 2 is 1.89 bits per heavy atom. The zero-order valence-corrected chi connectivity index (χ0v) is 15.9. The van der Waals surface area contributed by atoms with E-state index in [9.17, 15) is 4.79 Å². The molecule has 9 heteroatoms. The molecule has 9 nitrogen and oxygen atoms in total. The summed E-state index contributed by atoms with van der Waals surface area (Å²) in [6.07, 6.45) is 5.41. The fourth-order valence-corrected chi connectivity index (χ4v) is 3.00. The van der Waals surface area contributed by atoms with Crippen LogP contribution in [-0.4, -0.2) is 47.1 Å². The van der Waals surface area contributed by atoms with Gasteiger partial charge in [-0.2, -0.15) is 5.10 Å². The number of nitrogens with zero attached hydrogens (tertiary/aromatic N) is 7. The van der Waals surface area contributed by atoms with Gasteiger partial charge in [0.2, 0.25) is 5.91 Å². The number of aryl methyl sites for hydroxylation is 1. The van der Waals surface area contributed by atoms with Crippen molar-refractivity contribution in [3.8, 4) is 28.6 Å². The minimum absolute atomic E-state index is 0.0974. The minimum atomic E-state index is -0.148. The molecule has 4 rings (SSSR count). The van der Waals surface area contributed by atoms with Gasteiger partial charge in [0.1, 0.15) is 17.2 Å². The minimum Gasteiger partial charge on any atom is -0.359 e. The Morgan fingerprint density at radius 3 is 2.57 bits per heavy atom. The molecule has 4 aromatic rings. The van der Waals surface area contributed by atoms with Crippen LogP contribution >= 0.6 is 0 Å². The number of imidazole rings is 1. The zero-order chi connectivity index (χ0) is 19.7. The average molecular weight is 376 g/mol. The standard InChI is InChI=1S/C19H20N8O/c1-20-17(28)9-16-23-19(27(24-16)14-10-22-25(2)12-14)15-11-21-18(26(15)3)13-7-5-4-6-8-13/h4-8,10-12H,9H2,1-3H3,(H,20,28). The van der Waals surface area contributed by atoms with E-state index < -0.39 is 0 Å². The summed E-state index contributed by atoms with van der Waals surface area (Å²) in [7, 11) is 5.36. The maximum absolute atomic E-state index is 11.8. The molecular weight excluding hydrogens is 356 g/mol. The smallest absolute Gasteiger partial charge is 0.227 e. The molecule has 0 atom stereocenters. The molecular formula is C19H20N8O. The molecule has 0 spiro atoms. The molecule has 1 N–H and O–H groups in total. The van der Waals surface area contributed by atoms with Crippen molar-refractivity contribution >= 4 is 5.91 Å². The van der Waals surface area contributed by atoms with Crippen LogP contribution in [0, 0.1) is 0 Å². The fraction of sp³-hybridized carbons (Fsp3) is 0.211. The lowest BCUT2D eigenvalue weighted by Crippen LogP contribution is -2.20. The molecule has 1 aromatic carbocycles. The largest absolute Gasteiger partial charge is 0.359 e. The van der Waals surface area contributed by atoms with Crippen LogP contribution in [0.25, 0.3) is 28.6 Å². The molecule has 3 aromatic heterocycles. The second kappa shape index (κ2) is 7.10. The van der Waals surface area contributed by atoms with Gasteiger partial charge in [-0.1, -0.05) is 30.3 Å². The molecule has 1 amide bonds. The van der Waals surface area contributed by atoms with Gasteiger partial charge in [0, 0.05) is 26.7 Å². The summed E-state index contributed by atoms with van der Waals surface area (Å²) in [5.74, 6) is 1.71. The highest BCUT2D eigenvalue weighted by atomic mass is 16.1. The maximum atomic E-state index is 11.8. The molecule has 28 heavy (non-hydrogen) atoms. The molecule has 0 fully saturated rings. The van der Waals surface area contributed by atoms with E-state index in [1.54, 1.807) is 28.8 Å². The van der Waals surface area contributed by atoms with E-state index in [1.165, 1.54) is 0 Å². The van der Waals surface area contributed by atoms with Crippen LogP contribution in [0.1, 0.15) is 5.82 Å². The third kappa shape index (κ3) is 3.18. The van der Waals surface area contributed by atoms with E-state index in [0.29, 0.717) is 11.6 Å². The molecule has 0 saturated carbocycles. The first kappa shape index (κ1) is 17.7. The van der Waals surface area contributed by atoms with Crippen LogP contribution in [0.3, 0.4) is 0 Å². The van der Waals surface area contributed by atoms with Crippen molar-refractivity contribution in [1.29, 1.82) is 0 Å². The first-order valence-electron chi connectivity index (χ1n) is 8.80. The molecule has 0 bridgehead atoms. The Hall–Kier alpha value is -3.75. The van der Waals surface area contributed by atoms with Crippen molar-refractivity contribution < 1.29 is 4.79 Å². The van der Waals surface area contributed by atoms with Crippen molar-refractivity contribution in [2.75, 3.05) is 7.05 Å². The van der Waals surface area contributed by atoms with Gasteiger partial charge in [-0.3, -0.25) is 9.48 Å². The average Bonchev–Trinajstić information content (AvgIpc) is 3.40. The monoisotopic (exact) mass is 376 g/mol. The van der Waals surface area contributed by atoms with Crippen LogP contribution < -0.4 is 5.32 Å². The van der Waals surface area contributed by atoms with Crippen molar-refractivity contribution in [1.82, 2.24) is 39.4 Å². The van der Waals surface area contributed by atoms with Crippen LogP contribution in [0.4, 0.5) is 0 Å². The lowest BCUT2D eigenvalue weighted by Gasteiger charge is -2.06. The highest BCUT2D eigenvalue weighted by molar-refractivity contribution is 5.77. The topological polar surface area (TPSA) is 95.5 Å². The van der Waals surface area contributed by atoms with E-state index in [-0.39, 0.29) is 12.3 Å². The summed E-state index contributed by atoms with van der Waals surface area (Å²) in [4.78, 5) is 21.0. The van der Waals surface area contributed by atoms with Crippen molar-refractivity contribution in [2.45, 2.75) is 6.42 Å². The first-order chi connectivity index (χ1) is 13.6. The van der Waals surface area contributed by atoms with Gasteiger partial charge in [0.15, 0.2) is 11.6 Å². The summed E-state index contributed by atoms with van der Waals surface area (Å²) < 4.78 is 5.35. The Morgan fingerprint density at radius 1 is 1.11 bits per heavy atom. The third-order valence-electron chi connectivity index (χ3n) is 4.43. The number of nitrogens with one attached hydrogen (secondary N) is 1. The van der Waals surface area contributed by atoms with Crippen molar-refractivity contribution in [2.24, 2.45) is 14.1 Å². The molecule has 3 heterocycles. The van der Waals surface area contributed by atoms with E-state index in [0.717, 1.165) is 22.8 Å². The predicted molar refractivity (Wildman–Crippen MR) is 104 cm³/mol. The Balaban J connectivity index is 1.82. The second-order valence-corrected chi connectivity index (χ2v) is 6.38. The lowest BCUT2D eigenvalue weighted by molar-refractivity contribution is -0.120. The summed E-state index contributed by atoms with van der Waals surface area (Å²) in [6, 6.07) is 9.94. The number of aromatic nitrogens is 7. The third-order valence-corrected chi connectivity index (χ3v) is 4.43. The van der Waals surface area contributed by atoms with E-state index >= 15 is 0 Å². The van der Waals surface area contributed by atoms with Gasteiger partial charge in [0.25, 0.3) is 0 Å². The Bertz CT molecular complexity index is 1120. The summed E-state index contributed by atoms with van der Waals surface area (Å²) >= 11 is 0. The van der Waals surface area contributed by atoms with Crippen LogP contribution in [0.15, 0.2) is 48.9 Å². The second-order valence-electron chi connectivity index (χ2n) is 6.38. The summed E-state index contributed by atoms with van der Waals surface area (Å²) in [5, 5.41) is 11.3. The molecule has 0 unspecified atom stereocenters. The number of rotatable bonds is 5. The molecule has 0 saturated heterocycles. The number of benzene rings is 1. The van der Waals surface area contributed by atoms with Gasteiger partial charge in [0.05, 0.1) is 25.0 Å². The first-order valence-corrected chi connectivity index (χ1v) is 8.80. The highest BCUT2D eigenvalue weighted by Gasteiger charge is 2.20. The van der Waals surface area contributed by atoms with Crippen molar-refractivity contribution in [3.63, 3.8) is 0 Å². The molecule has 0 aliphatic rings. The number of likely N-dealkylation sites (N-methyl/N-ethyl adjacent to an activating group) is 1. The molecule has 0 aliphatic heterocycles. The lowest BCUT2D eigenvalue weighted by atomic mass is 10.2. The van der Waals surface area contributed by atoms with Gasteiger partial charge >= 0.3 is 0 Å². The van der Waals surface area contributed by atoms with Gasteiger partial charge in [-0.25, -0.2) is 14.6 Å². The number of amides is 1. The highest BCUT2D eigenvalue weighted by Crippen LogP contribution is 2.26. The molecule has 0 aliphatic carbocycles. The normalized spacial score (nSPS) is 11.0. The van der Waals surface area contributed by atoms with Crippen LogP contribution in [0.2, 0.25) is 0 Å². The summed E-state index contributed by atoms with van der Waals surface area (Å²) in [6.45, 7) is 0. The van der Waals surface area contributed by atoms with Crippen LogP contribution in [-0.2, 0) is 25.3 Å². The number of carbonyl (C=O) groups excluding carboxylic acids is 1. The number of hydrogen-bond donors (Lipinski definition) is 1. The Kier molecular flexibility index (Phi) is 4.48. The molecule has 0 radical (unpaired) electrons. The predicted octanol–water partition coefficient (Wildman–Crippen LogP) is 1.36. The van der Waals surface area contributed by atoms with Gasteiger partial charge < -0.3 is 9.88 Å². The van der Waals surface area contributed by atoms with Gasteiger partial charge in [-0.05, 0) is 0 Å². The van der Waals surface area contributed by atoms with E-state index in [2.05, 4.69) is 25.5 Å². The SMILES string of the molecule is CNC(=O)Cc1nc(-c2cnc(-c3ccccc3)n2C)n(-c2cnn(C)c2)n1. The molecule has 142 valence electrons. The maximum Gasteiger partial charge on any atom is 0.227 e. The van der Waals surface area contributed by atoms with E-state index in [4.69, 9.17) is 0 Å². The van der Waals surface area contributed by atoms with E-state index in [1.807, 2.05) is 55.2 Å². The number of carbonyl (C=O) groups is 1. The fourth-order valence-electron chi connectivity index (χ4n) is 3.00.